The summed E-state index contributed by atoms with van der Waals surface area (Å²) < 4.78 is 5.68. The Kier molecular flexibility index (Phi) is 12.0. The fourth-order valence-corrected chi connectivity index (χ4v) is 4.14. The van der Waals surface area contributed by atoms with Gasteiger partial charge in [0.25, 0.3) is 0 Å². The number of ether oxygens (including phenoxy) is 1. The van der Waals surface area contributed by atoms with Crippen molar-refractivity contribution in [2.45, 2.75) is 19.4 Å². The lowest BCUT2D eigenvalue weighted by Crippen LogP contribution is -2.51. The summed E-state index contributed by atoms with van der Waals surface area (Å²) in [5, 5.41) is 31.2. The zero-order chi connectivity index (χ0) is 25.8. The molecule has 4 N–H and O–H groups in total. The maximum Gasteiger partial charge on any atom is 0.317 e. The number of aliphatic carboxylic acids is 3. The molecule has 35 heavy (non-hydrogen) atoms. The lowest BCUT2D eigenvalue weighted by atomic mass is 10.0. The van der Waals surface area contributed by atoms with Crippen LogP contribution < -0.4 is 5.32 Å². The number of benzene rings is 1. The maximum absolute atomic E-state index is 11.6. The van der Waals surface area contributed by atoms with Crippen molar-refractivity contribution in [3.05, 3.63) is 29.8 Å². The van der Waals surface area contributed by atoms with Gasteiger partial charge in [0.15, 0.2) is 0 Å². The highest BCUT2D eigenvalue weighted by atomic mass is 32.1. The van der Waals surface area contributed by atoms with E-state index < -0.39 is 17.9 Å². The molecule has 1 aromatic carbocycles. The van der Waals surface area contributed by atoms with Gasteiger partial charge in [-0.3, -0.25) is 29.1 Å². The number of hydrogen-bond acceptors (Lipinski definition) is 8. The Hall–Kier alpha value is -2.64. The van der Waals surface area contributed by atoms with Crippen LogP contribution in [0.4, 0.5) is 5.69 Å². The Morgan fingerprint density at radius 1 is 0.914 bits per heavy atom. The third kappa shape index (κ3) is 11.6. The average Bonchev–Trinajstić information content (AvgIpc) is 2.74. The van der Waals surface area contributed by atoms with E-state index in [-0.39, 0.29) is 32.3 Å². The summed E-state index contributed by atoms with van der Waals surface area (Å²) in [5.41, 5.74) is 1.82. The number of carbonyl (C=O) groups is 3. The highest BCUT2D eigenvalue weighted by Crippen LogP contribution is 2.16. The van der Waals surface area contributed by atoms with Gasteiger partial charge in [0.1, 0.15) is 0 Å². The predicted molar refractivity (Wildman–Crippen MR) is 134 cm³/mol. The molecule has 1 saturated heterocycles. The lowest BCUT2D eigenvalue weighted by molar-refractivity contribution is -0.141. The van der Waals surface area contributed by atoms with Crippen LogP contribution in [0.5, 0.6) is 0 Å². The quantitative estimate of drug-likeness (QED) is 0.345. The van der Waals surface area contributed by atoms with Crippen LogP contribution in [-0.4, -0.2) is 125 Å². The highest BCUT2D eigenvalue weighted by Gasteiger charge is 2.26. The Labute approximate surface area is 210 Å². The Morgan fingerprint density at radius 2 is 1.49 bits per heavy atom. The average molecular weight is 511 g/mol. The summed E-state index contributed by atoms with van der Waals surface area (Å²) in [6, 6.07) is 7.35. The van der Waals surface area contributed by atoms with Crippen LogP contribution in [0.25, 0.3) is 0 Å². The second-order valence-corrected chi connectivity index (χ2v) is 9.12. The van der Waals surface area contributed by atoms with Gasteiger partial charge in [0.05, 0.1) is 37.8 Å². The van der Waals surface area contributed by atoms with Gasteiger partial charge in [-0.05, 0) is 31.0 Å². The molecule has 1 heterocycles. The van der Waals surface area contributed by atoms with Gasteiger partial charge in [0, 0.05) is 44.5 Å². The number of nitrogens with one attached hydrogen (secondary N) is 1. The number of anilines is 1. The monoisotopic (exact) mass is 510 g/mol. The van der Waals surface area contributed by atoms with Crippen LogP contribution >= 0.6 is 12.2 Å². The number of hydrogen-bond donors (Lipinski definition) is 4. The number of thiocarbonyl (C=S) groups is 1. The van der Waals surface area contributed by atoms with Crippen molar-refractivity contribution in [3.63, 3.8) is 0 Å². The standard InChI is InChI=1S/C23H34N4O7S/c1-17(35)24-19-4-2-18(3-5-19)12-20-13-26(15-22(30)31)7-6-25(14-21(28)29)8-10-34-11-9-27(20)16-23(32)33/h2-5,20H,6-16H2,1H3,(H,24,35)(H,28,29)(H,30,31)(H,32,33). The molecule has 0 spiro atoms. The van der Waals surface area contributed by atoms with Gasteiger partial charge >= 0.3 is 17.9 Å². The van der Waals surface area contributed by atoms with Crippen molar-refractivity contribution >= 4 is 40.8 Å². The number of nitrogens with zero attached hydrogens (tertiary/aromatic N) is 3. The molecule has 1 aromatic rings. The molecule has 0 radical (unpaired) electrons. The molecule has 0 bridgehead atoms. The summed E-state index contributed by atoms with van der Waals surface area (Å²) in [6.07, 6.45) is 0.499. The van der Waals surface area contributed by atoms with Gasteiger partial charge in [-0.1, -0.05) is 24.4 Å². The molecule has 1 unspecified atom stereocenters. The molecule has 0 aliphatic carbocycles. The molecule has 1 atom stereocenters. The fraction of sp³-hybridized carbons (Fsp3) is 0.565. The third-order valence-electron chi connectivity index (χ3n) is 5.59. The molecule has 1 aliphatic heterocycles. The first-order valence-electron chi connectivity index (χ1n) is 11.4. The molecule has 0 saturated carbocycles. The molecule has 1 fully saturated rings. The molecule has 2 rings (SSSR count). The van der Waals surface area contributed by atoms with Crippen molar-refractivity contribution in [1.29, 1.82) is 0 Å². The minimum atomic E-state index is -1.00. The molecule has 1 aliphatic rings. The molecular weight excluding hydrogens is 476 g/mol. The van der Waals surface area contributed by atoms with Crippen molar-refractivity contribution in [2.75, 3.05) is 70.9 Å². The van der Waals surface area contributed by atoms with Crippen LogP contribution in [-0.2, 0) is 25.5 Å². The van der Waals surface area contributed by atoms with Crippen molar-refractivity contribution in [1.82, 2.24) is 14.7 Å². The summed E-state index contributed by atoms with van der Waals surface area (Å²) in [4.78, 5) is 40.3. The van der Waals surface area contributed by atoms with Crippen molar-refractivity contribution < 1.29 is 34.4 Å². The van der Waals surface area contributed by atoms with E-state index in [2.05, 4.69) is 5.32 Å². The number of rotatable bonds is 9. The van der Waals surface area contributed by atoms with E-state index in [0.29, 0.717) is 50.7 Å². The largest absolute Gasteiger partial charge is 0.480 e. The zero-order valence-electron chi connectivity index (χ0n) is 19.9. The third-order valence-corrected chi connectivity index (χ3v) is 5.70. The molecule has 0 amide bonds. The first-order valence-corrected chi connectivity index (χ1v) is 11.8. The first-order chi connectivity index (χ1) is 16.6. The van der Waals surface area contributed by atoms with E-state index >= 15 is 0 Å². The van der Waals surface area contributed by atoms with Crippen molar-refractivity contribution in [2.24, 2.45) is 0 Å². The van der Waals surface area contributed by atoms with Gasteiger partial charge in [0.2, 0.25) is 0 Å². The van der Waals surface area contributed by atoms with Gasteiger partial charge in [-0.25, -0.2) is 0 Å². The Morgan fingerprint density at radius 3 is 2.09 bits per heavy atom. The van der Waals surface area contributed by atoms with Crippen LogP contribution in [0.2, 0.25) is 0 Å². The van der Waals surface area contributed by atoms with Crippen LogP contribution in [0.1, 0.15) is 12.5 Å². The maximum atomic E-state index is 11.6. The molecule has 194 valence electrons. The molecule has 11 nitrogen and oxygen atoms in total. The number of carboxylic acid groups (broad SMARTS) is 3. The summed E-state index contributed by atoms with van der Waals surface area (Å²) in [5.74, 6) is -2.94. The zero-order valence-corrected chi connectivity index (χ0v) is 20.7. The molecule has 0 aromatic heterocycles. The first kappa shape index (κ1) is 28.6. The van der Waals surface area contributed by atoms with Gasteiger partial charge < -0.3 is 25.4 Å². The molecular formula is C23H34N4O7S. The smallest absolute Gasteiger partial charge is 0.317 e. The lowest BCUT2D eigenvalue weighted by Gasteiger charge is -2.36. The van der Waals surface area contributed by atoms with Crippen molar-refractivity contribution in [3.8, 4) is 0 Å². The molecule has 12 heteroatoms. The van der Waals surface area contributed by atoms with Gasteiger partial charge in [-0.2, -0.15) is 0 Å². The highest BCUT2D eigenvalue weighted by molar-refractivity contribution is 7.80. The van der Waals surface area contributed by atoms with Crippen LogP contribution in [0, 0.1) is 0 Å². The number of carboxylic acids is 3. The summed E-state index contributed by atoms with van der Waals surface area (Å²) in [7, 11) is 0. The minimum absolute atomic E-state index is 0.166. The van der Waals surface area contributed by atoms with E-state index in [1.165, 1.54) is 0 Å². The second-order valence-electron chi connectivity index (χ2n) is 8.51. The minimum Gasteiger partial charge on any atom is -0.480 e. The Bertz CT molecular complexity index is 868. The normalized spacial score (nSPS) is 19.3. The van der Waals surface area contributed by atoms with Crippen LogP contribution in [0.15, 0.2) is 24.3 Å². The topological polar surface area (TPSA) is 143 Å². The SMILES string of the molecule is CC(=S)Nc1ccc(CC2CN(CC(=O)O)CCN(CC(=O)O)CCOCCN2CC(=O)O)cc1. The van der Waals surface area contributed by atoms with Gasteiger partial charge in [-0.15, -0.1) is 0 Å². The van der Waals surface area contributed by atoms with E-state index in [1.807, 2.05) is 24.3 Å². The summed E-state index contributed by atoms with van der Waals surface area (Å²) in [6.45, 7) is 3.48. The predicted octanol–water partition coefficient (Wildman–Crippen LogP) is 0.547. The summed E-state index contributed by atoms with van der Waals surface area (Å²) >= 11 is 5.07. The second kappa shape index (κ2) is 14.7. The van der Waals surface area contributed by atoms with Crippen LogP contribution in [0.3, 0.4) is 0 Å². The van der Waals surface area contributed by atoms with E-state index in [0.717, 1.165) is 11.3 Å². The van der Waals surface area contributed by atoms with E-state index in [9.17, 15) is 29.7 Å². The Balaban J connectivity index is 2.27. The van der Waals surface area contributed by atoms with E-state index in [1.54, 1.807) is 21.6 Å². The van der Waals surface area contributed by atoms with E-state index in [4.69, 9.17) is 17.0 Å². The fourth-order valence-electron chi connectivity index (χ4n) is 4.02.